The molecule has 0 saturated carbocycles. The Morgan fingerprint density at radius 3 is 3.06 bits per heavy atom. The molecule has 1 aliphatic heterocycles. The maximum absolute atomic E-state index is 9.42. The summed E-state index contributed by atoms with van der Waals surface area (Å²) in [6.07, 6.45) is 1.63. The summed E-state index contributed by atoms with van der Waals surface area (Å²) in [5.41, 5.74) is 3.61. The van der Waals surface area contributed by atoms with Crippen molar-refractivity contribution in [3.8, 4) is 11.5 Å². The number of halogens is 1. The number of methoxy groups -OCH3 is 1. The fourth-order valence-electron chi connectivity index (χ4n) is 1.42. The predicted octanol–water partition coefficient (Wildman–Crippen LogP) is 0.901. The van der Waals surface area contributed by atoms with Crippen molar-refractivity contribution in [3.63, 3.8) is 0 Å². The number of benzene rings is 1. The molecular formula is C11H15IN4O2. The highest BCUT2D eigenvalue weighted by atomic mass is 127. The smallest absolute Gasteiger partial charge is 0.212 e. The molecule has 6 nitrogen and oxygen atoms in total. The highest BCUT2D eigenvalue weighted by molar-refractivity contribution is 14.0. The number of ether oxygens (including phenoxy) is 1. The van der Waals surface area contributed by atoms with Gasteiger partial charge in [-0.05, 0) is 23.8 Å². The minimum absolute atomic E-state index is 0. The summed E-state index contributed by atoms with van der Waals surface area (Å²) in [4.78, 5) is 4.13. The molecule has 0 aromatic heterocycles. The number of phenols is 1. The van der Waals surface area contributed by atoms with Crippen LogP contribution in [0.2, 0.25) is 0 Å². The van der Waals surface area contributed by atoms with E-state index < -0.39 is 0 Å². The third-order valence-electron chi connectivity index (χ3n) is 2.26. The van der Waals surface area contributed by atoms with Gasteiger partial charge in [0.25, 0.3) is 0 Å². The zero-order chi connectivity index (χ0) is 12.1. The number of nitrogens with one attached hydrogen (secondary N) is 2. The second kappa shape index (κ2) is 7.04. The molecule has 0 aliphatic carbocycles. The molecule has 3 N–H and O–H groups in total. The molecule has 0 atom stereocenters. The topological polar surface area (TPSA) is 78.2 Å². The van der Waals surface area contributed by atoms with Crippen molar-refractivity contribution in [1.29, 1.82) is 0 Å². The zero-order valence-electron chi connectivity index (χ0n) is 9.88. The van der Waals surface area contributed by atoms with Crippen molar-refractivity contribution < 1.29 is 9.84 Å². The van der Waals surface area contributed by atoms with Crippen LogP contribution in [0.3, 0.4) is 0 Å². The number of rotatable bonds is 3. The predicted molar refractivity (Wildman–Crippen MR) is 81.1 cm³/mol. The Labute approximate surface area is 122 Å². The maximum atomic E-state index is 9.42. The Morgan fingerprint density at radius 2 is 2.39 bits per heavy atom. The molecule has 98 valence electrons. The quantitative estimate of drug-likeness (QED) is 0.424. The van der Waals surface area contributed by atoms with Gasteiger partial charge in [0.15, 0.2) is 11.5 Å². The molecule has 0 amide bonds. The van der Waals surface area contributed by atoms with Crippen LogP contribution in [0.25, 0.3) is 0 Å². The van der Waals surface area contributed by atoms with Crippen LogP contribution in [0.4, 0.5) is 0 Å². The summed E-state index contributed by atoms with van der Waals surface area (Å²) in [5, 5.41) is 16.5. The molecule has 7 heteroatoms. The molecule has 0 bridgehead atoms. The fourth-order valence-corrected chi connectivity index (χ4v) is 1.42. The number of aromatic hydroxyl groups is 1. The van der Waals surface area contributed by atoms with Gasteiger partial charge in [0.2, 0.25) is 5.96 Å². The number of hydrogen-bond acceptors (Lipinski definition) is 6. The average Bonchev–Trinajstić information content (AvgIpc) is 2.84. The van der Waals surface area contributed by atoms with E-state index in [4.69, 9.17) is 4.74 Å². The van der Waals surface area contributed by atoms with E-state index in [-0.39, 0.29) is 29.7 Å². The van der Waals surface area contributed by atoms with Crippen LogP contribution in [0, 0.1) is 0 Å². The van der Waals surface area contributed by atoms with Gasteiger partial charge in [-0.1, -0.05) is 0 Å². The minimum Gasteiger partial charge on any atom is -0.504 e. The number of hydrazone groups is 1. The standard InChI is InChI=1S/C11H14N4O2.HI/c1-17-10-6-8(2-3-9(10)16)7-14-15-11-12-4-5-13-11;/h2-3,6-7,16H,4-5H2,1H3,(H2,12,13,15);1H/b14-7+;. The Bertz CT molecular complexity index is 462. The molecule has 2 rings (SSSR count). The molecule has 0 saturated heterocycles. The molecule has 18 heavy (non-hydrogen) atoms. The summed E-state index contributed by atoms with van der Waals surface area (Å²) >= 11 is 0. The summed E-state index contributed by atoms with van der Waals surface area (Å²) < 4.78 is 5.00. The summed E-state index contributed by atoms with van der Waals surface area (Å²) in [7, 11) is 1.51. The lowest BCUT2D eigenvalue weighted by Gasteiger charge is -2.03. The van der Waals surface area contributed by atoms with Crippen LogP contribution >= 0.6 is 24.0 Å². The summed E-state index contributed by atoms with van der Waals surface area (Å²) in [5.74, 6) is 1.21. The summed E-state index contributed by atoms with van der Waals surface area (Å²) in [6, 6.07) is 5.00. The number of nitrogens with zero attached hydrogens (tertiary/aromatic N) is 2. The van der Waals surface area contributed by atoms with Crippen LogP contribution in [0.5, 0.6) is 11.5 Å². The van der Waals surface area contributed by atoms with Crippen LogP contribution in [-0.4, -0.2) is 37.5 Å². The number of hydrogen-bond donors (Lipinski definition) is 3. The van der Waals surface area contributed by atoms with Crippen LogP contribution in [0.1, 0.15) is 5.56 Å². The first kappa shape index (κ1) is 14.6. The third kappa shape index (κ3) is 3.76. The van der Waals surface area contributed by atoms with Gasteiger partial charge in [-0.2, -0.15) is 5.10 Å². The van der Waals surface area contributed by atoms with Crippen LogP contribution < -0.4 is 15.5 Å². The van der Waals surface area contributed by atoms with Gasteiger partial charge in [-0.25, -0.2) is 10.4 Å². The van der Waals surface area contributed by atoms with Crippen molar-refractivity contribution in [3.05, 3.63) is 23.8 Å². The van der Waals surface area contributed by atoms with E-state index in [1.54, 1.807) is 24.4 Å². The number of phenolic OH excluding ortho intramolecular Hbond substituents is 1. The SMILES string of the molecule is COc1cc(/C=N/NC2=NCCN2)ccc1O.I. The van der Waals surface area contributed by atoms with E-state index in [1.807, 2.05) is 0 Å². The second-order valence-electron chi connectivity index (χ2n) is 3.46. The summed E-state index contributed by atoms with van der Waals surface area (Å²) in [6.45, 7) is 1.61. The van der Waals surface area contributed by atoms with E-state index in [0.29, 0.717) is 11.7 Å². The highest BCUT2D eigenvalue weighted by Gasteiger charge is 2.02. The van der Waals surface area contributed by atoms with Crippen molar-refractivity contribution in [2.24, 2.45) is 10.1 Å². The lowest BCUT2D eigenvalue weighted by Crippen LogP contribution is -2.30. The monoisotopic (exact) mass is 362 g/mol. The molecule has 0 fully saturated rings. The van der Waals surface area contributed by atoms with E-state index in [2.05, 4.69) is 20.8 Å². The Balaban J connectivity index is 0.00000162. The lowest BCUT2D eigenvalue weighted by atomic mass is 10.2. The third-order valence-corrected chi connectivity index (χ3v) is 2.26. The molecule has 0 spiro atoms. The largest absolute Gasteiger partial charge is 0.504 e. The Morgan fingerprint density at radius 1 is 1.56 bits per heavy atom. The molecule has 0 unspecified atom stereocenters. The molecule has 1 aromatic rings. The van der Waals surface area contributed by atoms with Gasteiger partial charge in [-0.15, -0.1) is 24.0 Å². The minimum atomic E-state index is 0. The average molecular weight is 362 g/mol. The zero-order valence-corrected chi connectivity index (χ0v) is 12.2. The molecule has 0 radical (unpaired) electrons. The van der Waals surface area contributed by atoms with E-state index >= 15 is 0 Å². The first-order valence-electron chi connectivity index (χ1n) is 5.24. The van der Waals surface area contributed by atoms with Gasteiger partial charge >= 0.3 is 0 Å². The Kier molecular flexibility index (Phi) is 5.69. The fraction of sp³-hybridized carbons (Fsp3) is 0.273. The van der Waals surface area contributed by atoms with Crippen molar-refractivity contribution in [2.45, 2.75) is 0 Å². The van der Waals surface area contributed by atoms with Gasteiger partial charge in [0, 0.05) is 6.54 Å². The maximum Gasteiger partial charge on any atom is 0.212 e. The van der Waals surface area contributed by atoms with E-state index in [1.165, 1.54) is 7.11 Å². The van der Waals surface area contributed by atoms with E-state index in [9.17, 15) is 5.11 Å². The number of guanidine groups is 1. The highest BCUT2D eigenvalue weighted by Crippen LogP contribution is 2.25. The van der Waals surface area contributed by atoms with Crippen molar-refractivity contribution in [1.82, 2.24) is 10.7 Å². The van der Waals surface area contributed by atoms with Gasteiger partial charge in [-0.3, -0.25) is 0 Å². The molecule has 1 heterocycles. The van der Waals surface area contributed by atoms with Gasteiger partial charge in [0.1, 0.15) is 0 Å². The first-order valence-corrected chi connectivity index (χ1v) is 5.24. The van der Waals surface area contributed by atoms with Crippen LogP contribution in [0.15, 0.2) is 28.3 Å². The molecule has 1 aromatic carbocycles. The Hall–Kier alpha value is -1.51. The second-order valence-corrected chi connectivity index (χ2v) is 3.46. The van der Waals surface area contributed by atoms with Gasteiger partial charge < -0.3 is 15.2 Å². The first-order chi connectivity index (χ1) is 8.29. The van der Waals surface area contributed by atoms with Crippen molar-refractivity contribution in [2.75, 3.05) is 20.2 Å². The van der Waals surface area contributed by atoms with Gasteiger partial charge in [0.05, 0.1) is 19.9 Å². The molecular weight excluding hydrogens is 347 g/mol. The van der Waals surface area contributed by atoms with E-state index in [0.717, 1.165) is 18.7 Å². The lowest BCUT2D eigenvalue weighted by molar-refractivity contribution is 0.373. The number of aliphatic imine (C=N–C) groups is 1. The van der Waals surface area contributed by atoms with Crippen molar-refractivity contribution >= 4 is 36.2 Å². The normalized spacial score (nSPS) is 13.7. The van der Waals surface area contributed by atoms with Crippen LogP contribution in [-0.2, 0) is 0 Å². The molecule has 1 aliphatic rings.